The van der Waals surface area contributed by atoms with E-state index in [2.05, 4.69) is 38.0 Å². The fraction of sp³-hybridized carbons (Fsp3) is 0.0500. The molecule has 3 aromatic rings. The van der Waals surface area contributed by atoms with Crippen LogP contribution in [0.1, 0.15) is 5.56 Å². The molecule has 0 atom stereocenters. The number of para-hydroxylation sites is 1. The first-order valence-corrected chi connectivity index (χ1v) is 9.39. The molecule has 0 bridgehead atoms. The predicted octanol–water partition coefficient (Wildman–Crippen LogP) is 3.75. The Morgan fingerprint density at radius 2 is 1.93 bits per heavy atom. The third-order valence-corrected chi connectivity index (χ3v) is 4.14. The summed E-state index contributed by atoms with van der Waals surface area (Å²) in [6, 6.07) is 20.0. The summed E-state index contributed by atoms with van der Waals surface area (Å²) >= 11 is 2.17. The van der Waals surface area contributed by atoms with Gasteiger partial charge in [0.2, 0.25) is 5.88 Å². The Labute approximate surface area is 175 Å². The molecule has 142 valence electrons. The summed E-state index contributed by atoms with van der Waals surface area (Å²) in [5.41, 5.74) is 7.13. The van der Waals surface area contributed by atoms with Crippen molar-refractivity contribution in [1.29, 1.82) is 0 Å². The van der Waals surface area contributed by atoms with Crippen molar-refractivity contribution >= 4 is 40.0 Å². The molecular formula is C20H17IN4O3. The van der Waals surface area contributed by atoms with Crippen molar-refractivity contribution in [2.45, 2.75) is 0 Å². The van der Waals surface area contributed by atoms with Crippen molar-refractivity contribution in [1.82, 2.24) is 4.98 Å². The van der Waals surface area contributed by atoms with Crippen LogP contribution in [0.5, 0.6) is 11.6 Å². The minimum Gasteiger partial charge on any atom is -0.438 e. The van der Waals surface area contributed by atoms with Gasteiger partial charge >= 0.3 is 0 Å². The van der Waals surface area contributed by atoms with Crippen LogP contribution in [0.3, 0.4) is 0 Å². The van der Waals surface area contributed by atoms with Crippen LogP contribution in [-0.2, 0) is 9.63 Å². The van der Waals surface area contributed by atoms with Crippen LogP contribution in [-0.4, -0.2) is 23.3 Å². The van der Waals surface area contributed by atoms with Crippen LogP contribution in [0, 0.1) is 3.57 Å². The van der Waals surface area contributed by atoms with Crippen LogP contribution < -0.4 is 15.8 Å². The van der Waals surface area contributed by atoms with Gasteiger partial charge in [0.15, 0.2) is 12.4 Å². The molecule has 1 heterocycles. The summed E-state index contributed by atoms with van der Waals surface area (Å²) in [5.74, 6) is 0.626. The zero-order valence-corrected chi connectivity index (χ0v) is 16.9. The number of pyridine rings is 1. The van der Waals surface area contributed by atoms with Crippen molar-refractivity contribution in [3.8, 4) is 11.6 Å². The van der Waals surface area contributed by atoms with Gasteiger partial charge in [-0.3, -0.25) is 4.79 Å². The molecule has 0 radical (unpaired) electrons. The van der Waals surface area contributed by atoms with E-state index in [1.165, 1.54) is 0 Å². The average Bonchev–Trinajstić information content (AvgIpc) is 2.69. The molecule has 1 aromatic heterocycles. The Hall–Kier alpha value is -3.14. The van der Waals surface area contributed by atoms with Gasteiger partial charge in [-0.1, -0.05) is 29.4 Å². The molecule has 28 heavy (non-hydrogen) atoms. The smallest absolute Gasteiger partial charge is 0.265 e. The zero-order chi connectivity index (χ0) is 19.8. The van der Waals surface area contributed by atoms with Gasteiger partial charge in [0.1, 0.15) is 5.75 Å². The van der Waals surface area contributed by atoms with E-state index < -0.39 is 0 Å². The Balaban J connectivity index is 1.61. The minimum absolute atomic E-state index is 0.0566. The fourth-order valence-electron chi connectivity index (χ4n) is 2.24. The fourth-order valence-corrected chi connectivity index (χ4v) is 2.78. The molecule has 2 aromatic carbocycles. The second-order valence-corrected chi connectivity index (χ2v) is 6.83. The highest BCUT2D eigenvalue weighted by atomic mass is 127. The monoisotopic (exact) mass is 488 g/mol. The van der Waals surface area contributed by atoms with Crippen molar-refractivity contribution in [3.63, 3.8) is 0 Å². The number of nitrogens with two attached hydrogens (primary N) is 1. The van der Waals surface area contributed by atoms with Crippen molar-refractivity contribution in [2.24, 2.45) is 10.9 Å². The lowest BCUT2D eigenvalue weighted by Gasteiger charge is -2.09. The number of halogens is 1. The number of ether oxygens (including phenoxy) is 1. The highest BCUT2D eigenvalue weighted by molar-refractivity contribution is 14.1. The Morgan fingerprint density at radius 1 is 1.11 bits per heavy atom. The standard InChI is InChI=1S/C20H17IN4O3/c21-14-6-4-7-15(12-14)24-18(26)13-27-25-19(22)17-10-5-11-23-20(17)28-16-8-2-1-3-9-16/h1-12H,13H2,(H2,22,25)(H,24,26). The topological polar surface area (TPSA) is 98.8 Å². The first kappa shape index (κ1) is 19.6. The van der Waals surface area contributed by atoms with E-state index in [-0.39, 0.29) is 18.3 Å². The third kappa shape index (κ3) is 5.68. The maximum absolute atomic E-state index is 12.0. The van der Waals surface area contributed by atoms with Gasteiger partial charge in [-0.05, 0) is 65.1 Å². The molecule has 7 nitrogen and oxygen atoms in total. The molecule has 0 fully saturated rings. The highest BCUT2D eigenvalue weighted by Gasteiger charge is 2.11. The van der Waals surface area contributed by atoms with Crippen LogP contribution in [0.15, 0.2) is 78.1 Å². The van der Waals surface area contributed by atoms with E-state index in [0.717, 1.165) is 3.57 Å². The maximum Gasteiger partial charge on any atom is 0.265 e. The lowest BCUT2D eigenvalue weighted by Crippen LogP contribution is -2.20. The molecule has 0 unspecified atom stereocenters. The first-order valence-electron chi connectivity index (χ1n) is 8.31. The summed E-state index contributed by atoms with van der Waals surface area (Å²) in [6.07, 6.45) is 1.59. The normalized spacial score (nSPS) is 11.0. The lowest BCUT2D eigenvalue weighted by molar-refractivity contribution is -0.120. The van der Waals surface area contributed by atoms with Crippen LogP contribution >= 0.6 is 22.6 Å². The molecular weight excluding hydrogens is 471 g/mol. The molecule has 0 saturated heterocycles. The second-order valence-electron chi connectivity index (χ2n) is 5.58. The van der Waals surface area contributed by atoms with Crippen molar-refractivity contribution in [3.05, 3.63) is 82.1 Å². The van der Waals surface area contributed by atoms with Crippen LogP contribution in [0.4, 0.5) is 5.69 Å². The zero-order valence-electron chi connectivity index (χ0n) is 14.7. The molecule has 0 aliphatic rings. The van der Waals surface area contributed by atoms with Gasteiger partial charge in [0, 0.05) is 15.5 Å². The number of rotatable bonds is 7. The van der Waals surface area contributed by atoms with Gasteiger partial charge in [0.25, 0.3) is 5.91 Å². The molecule has 1 amide bonds. The van der Waals surface area contributed by atoms with Gasteiger partial charge in [-0.25, -0.2) is 4.98 Å². The summed E-state index contributed by atoms with van der Waals surface area (Å²) in [6.45, 7) is -0.276. The van der Waals surface area contributed by atoms with Crippen molar-refractivity contribution < 1.29 is 14.4 Å². The number of carbonyl (C=O) groups excluding carboxylic acids is 1. The molecule has 3 N–H and O–H groups in total. The highest BCUT2D eigenvalue weighted by Crippen LogP contribution is 2.22. The number of carbonyl (C=O) groups is 1. The van der Waals surface area contributed by atoms with E-state index in [0.29, 0.717) is 22.9 Å². The number of hydrogen-bond donors (Lipinski definition) is 2. The minimum atomic E-state index is -0.342. The van der Waals surface area contributed by atoms with E-state index >= 15 is 0 Å². The Kier molecular flexibility index (Phi) is 6.79. The number of aromatic nitrogens is 1. The molecule has 0 saturated carbocycles. The van der Waals surface area contributed by atoms with Crippen molar-refractivity contribution in [2.75, 3.05) is 11.9 Å². The number of benzene rings is 2. The Morgan fingerprint density at radius 3 is 2.71 bits per heavy atom. The molecule has 8 heteroatoms. The van der Waals surface area contributed by atoms with Gasteiger partial charge in [-0.15, -0.1) is 0 Å². The summed E-state index contributed by atoms with van der Waals surface area (Å²) in [7, 11) is 0. The number of amides is 1. The number of oxime groups is 1. The SMILES string of the molecule is N/C(=N\OCC(=O)Nc1cccc(I)c1)c1cccnc1Oc1ccccc1. The lowest BCUT2D eigenvalue weighted by atomic mass is 10.2. The van der Waals surface area contributed by atoms with E-state index in [4.69, 9.17) is 15.3 Å². The molecule has 0 spiro atoms. The summed E-state index contributed by atoms with van der Waals surface area (Å²) < 4.78 is 6.76. The van der Waals surface area contributed by atoms with Gasteiger partial charge in [-0.2, -0.15) is 0 Å². The predicted molar refractivity (Wildman–Crippen MR) is 115 cm³/mol. The largest absolute Gasteiger partial charge is 0.438 e. The third-order valence-electron chi connectivity index (χ3n) is 3.47. The molecule has 3 rings (SSSR count). The maximum atomic E-state index is 12.0. The number of nitrogens with zero attached hydrogens (tertiary/aromatic N) is 2. The number of anilines is 1. The van der Waals surface area contributed by atoms with E-state index in [1.54, 1.807) is 36.5 Å². The summed E-state index contributed by atoms with van der Waals surface area (Å²) in [5, 5.41) is 6.53. The molecule has 0 aliphatic carbocycles. The van der Waals surface area contributed by atoms with Crippen LogP contribution in [0.2, 0.25) is 0 Å². The van der Waals surface area contributed by atoms with E-state index in [9.17, 15) is 4.79 Å². The second kappa shape index (κ2) is 9.70. The van der Waals surface area contributed by atoms with Crippen LogP contribution in [0.25, 0.3) is 0 Å². The number of nitrogens with one attached hydrogen (secondary N) is 1. The Bertz CT molecular complexity index is 980. The van der Waals surface area contributed by atoms with Gasteiger partial charge in [0.05, 0.1) is 5.56 Å². The molecule has 0 aliphatic heterocycles. The quantitative estimate of drug-likeness (QED) is 0.229. The van der Waals surface area contributed by atoms with E-state index in [1.807, 2.05) is 36.4 Å². The first-order chi connectivity index (χ1) is 13.6. The number of hydrogen-bond acceptors (Lipinski definition) is 5. The number of amidine groups is 1. The van der Waals surface area contributed by atoms with Gasteiger partial charge < -0.3 is 20.6 Å². The summed E-state index contributed by atoms with van der Waals surface area (Å²) in [4.78, 5) is 21.2. The average molecular weight is 488 g/mol.